The molecule has 1 atom stereocenters. The van der Waals surface area contributed by atoms with Crippen molar-refractivity contribution >= 4 is 11.9 Å². The highest BCUT2D eigenvalue weighted by molar-refractivity contribution is 5.93. The Morgan fingerprint density at radius 1 is 1.10 bits per heavy atom. The second kappa shape index (κ2) is 7.70. The fourth-order valence-electron chi connectivity index (χ4n) is 5.51. The molecule has 2 aromatic rings. The van der Waals surface area contributed by atoms with Gasteiger partial charge in [0.05, 0.1) is 12.7 Å². The van der Waals surface area contributed by atoms with Crippen LogP contribution in [0.1, 0.15) is 60.4 Å². The van der Waals surface area contributed by atoms with E-state index in [9.17, 15) is 14.7 Å². The Labute approximate surface area is 183 Å². The third kappa shape index (κ3) is 3.50. The van der Waals surface area contributed by atoms with Crippen molar-refractivity contribution < 1.29 is 19.4 Å². The van der Waals surface area contributed by atoms with Gasteiger partial charge in [0, 0.05) is 24.6 Å². The average Bonchev–Trinajstić information content (AvgIpc) is 3.45. The van der Waals surface area contributed by atoms with Crippen LogP contribution < -0.4 is 4.74 Å². The van der Waals surface area contributed by atoms with Gasteiger partial charge < -0.3 is 14.7 Å². The predicted octanol–water partition coefficient (Wildman–Crippen LogP) is 4.96. The molecule has 1 aliphatic heterocycles. The van der Waals surface area contributed by atoms with Crippen molar-refractivity contribution in [3.63, 3.8) is 0 Å². The number of methoxy groups -OCH3 is 1. The lowest BCUT2D eigenvalue weighted by atomic mass is 9.82. The predicted molar refractivity (Wildman–Crippen MR) is 118 cm³/mol. The maximum Gasteiger partial charge on any atom is 0.335 e. The fraction of sp³-hybridized carbons (Fsp3) is 0.462. The van der Waals surface area contributed by atoms with E-state index in [2.05, 4.69) is 0 Å². The lowest BCUT2D eigenvalue weighted by molar-refractivity contribution is -0.139. The largest absolute Gasteiger partial charge is 0.496 e. The lowest BCUT2D eigenvalue weighted by Crippen LogP contribution is -2.44. The molecule has 2 saturated carbocycles. The van der Waals surface area contributed by atoms with Crippen molar-refractivity contribution in [1.82, 2.24) is 4.90 Å². The summed E-state index contributed by atoms with van der Waals surface area (Å²) in [6.45, 7) is 1.60. The Balaban J connectivity index is 1.40. The first-order chi connectivity index (χ1) is 15.0. The number of carbonyl (C=O) groups is 2. The molecule has 1 saturated heterocycles. The van der Waals surface area contributed by atoms with E-state index in [0.29, 0.717) is 17.2 Å². The van der Waals surface area contributed by atoms with Gasteiger partial charge in [-0.25, -0.2) is 4.79 Å². The number of carboxylic acid groups (broad SMARTS) is 1. The third-order valence-corrected chi connectivity index (χ3v) is 7.78. The van der Waals surface area contributed by atoms with Gasteiger partial charge in [-0.2, -0.15) is 0 Å². The van der Waals surface area contributed by atoms with Crippen LogP contribution in [0.5, 0.6) is 5.75 Å². The topological polar surface area (TPSA) is 66.8 Å². The molecule has 0 unspecified atom stereocenters. The monoisotopic (exact) mass is 419 g/mol. The summed E-state index contributed by atoms with van der Waals surface area (Å²) in [6, 6.07) is 13.5. The van der Waals surface area contributed by atoms with Crippen LogP contribution in [0.3, 0.4) is 0 Å². The first-order valence-corrected chi connectivity index (χ1v) is 11.3. The van der Waals surface area contributed by atoms with Gasteiger partial charge in [0.15, 0.2) is 0 Å². The lowest BCUT2D eigenvalue weighted by Gasteiger charge is -2.37. The van der Waals surface area contributed by atoms with Gasteiger partial charge in [-0.05, 0) is 66.7 Å². The van der Waals surface area contributed by atoms with E-state index in [4.69, 9.17) is 4.74 Å². The normalized spacial score (nSPS) is 22.1. The van der Waals surface area contributed by atoms with Crippen LogP contribution in [0, 0.1) is 11.3 Å². The van der Waals surface area contributed by atoms with Crippen molar-refractivity contribution in [1.29, 1.82) is 0 Å². The van der Waals surface area contributed by atoms with Crippen molar-refractivity contribution in [2.45, 2.75) is 44.4 Å². The van der Waals surface area contributed by atoms with E-state index in [1.54, 1.807) is 13.2 Å². The number of hydrogen-bond acceptors (Lipinski definition) is 3. The molecule has 0 aromatic heterocycles. The molecular formula is C26H29NO4. The highest BCUT2D eigenvalue weighted by atomic mass is 16.5. The van der Waals surface area contributed by atoms with E-state index in [1.165, 1.54) is 6.42 Å². The van der Waals surface area contributed by atoms with Gasteiger partial charge in [-0.3, -0.25) is 4.79 Å². The van der Waals surface area contributed by atoms with Crippen molar-refractivity contribution in [2.24, 2.45) is 11.3 Å². The summed E-state index contributed by atoms with van der Waals surface area (Å²) in [5.41, 5.74) is 3.12. The van der Waals surface area contributed by atoms with Crippen LogP contribution in [-0.4, -0.2) is 42.1 Å². The fourth-order valence-corrected chi connectivity index (χ4v) is 5.51. The number of nitrogens with zero attached hydrogens (tertiary/aromatic N) is 1. The molecule has 3 fully saturated rings. The number of aromatic carboxylic acids is 1. The van der Waals surface area contributed by atoms with Crippen LogP contribution in [0.15, 0.2) is 42.5 Å². The number of benzene rings is 2. The Kier molecular flexibility index (Phi) is 4.99. The SMILES string of the molecule is COc1cc([C@@H]2CC23CCN(C(=O)C2CCC2)CC3)c(C(=O)O)cc1-c1ccccc1. The summed E-state index contributed by atoms with van der Waals surface area (Å²) in [6.07, 6.45) is 6.16. The number of rotatable bonds is 5. The second-order valence-corrected chi connectivity index (χ2v) is 9.38. The number of ether oxygens (including phenoxy) is 1. The molecule has 31 heavy (non-hydrogen) atoms. The molecule has 162 valence electrons. The van der Waals surface area contributed by atoms with Crippen LogP contribution in [0.2, 0.25) is 0 Å². The molecule has 5 heteroatoms. The van der Waals surface area contributed by atoms with E-state index in [1.807, 2.05) is 41.3 Å². The molecule has 2 aromatic carbocycles. The van der Waals surface area contributed by atoms with E-state index in [0.717, 1.165) is 61.9 Å². The van der Waals surface area contributed by atoms with Crippen LogP contribution >= 0.6 is 0 Å². The van der Waals surface area contributed by atoms with Crippen LogP contribution in [-0.2, 0) is 4.79 Å². The molecule has 3 aliphatic rings. The van der Waals surface area contributed by atoms with Crippen LogP contribution in [0.4, 0.5) is 0 Å². The third-order valence-electron chi connectivity index (χ3n) is 7.78. The maximum atomic E-state index is 12.6. The smallest absolute Gasteiger partial charge is 0.335 e. The molecule has 2 aliphatic carbocycles. The van der Waals surface area contributed by atoms with Gasteiger partial charge >= 0.3 is 5.97 Å². The van der Waals surface area contributed by atoms with Crippen molar-refractivity contribution in [2.75, 3.05) is 20.2 Å². The first-order valence-electron chi connectivity index (χ1n) is 11.3. The highest BCUT2D eigenvalue weighted by Gasteiger charge is 2.57. The van der Waals surface area contributed by atoms with Gasteiger partial charge in [-0.1, -0.05) is 36.8 Å². The molecule has 5 nitrogen and oxygen atoms in total. The van der Waals surface area contributed by atoms with E-state index >= 15 is 0 Å². The molecule has 5 rings (SSSR count). The first kappa shape index (κ1) is 20.1. The minimum absolute atomic E-state index is 0.125. The quantitative estimate of drug-likeness (QED) is 0.744. The van der Waals surface area contributed by atoms with E-state index in [-0.39, 0.29) is 17.3 Å². The summed E-state index contributed by atoms with van der Waals surface area (Å²) < 4.78 is 5.68. The minimum atomic E-state index is -0.894. The Hall–Kier alpha value is -2.82. The van der Waals surface area contributed by atoms with Crippen molar-refractivity contribution in [3.8, 4) is 16.9 Å². The Morgan fingerprint density at radius 2 is 1.81 bits per heavy atom. The standard InChI is InChI=1S/C26H29NO4/c1-31-23-15-20(21(25(29)30)14-19(23)17-6-3-2-4-7-17)22-16-26(22)10-12-27(13-11-26)24(28)18-8-5-9-18/h2-4,6-7,14-15,18,22H,5,8-13,16H2,1H3,(H,29,30)/t22-/m0/s1. The van der Waals surface area contributed by atoms with Crippen LogP contribution in [0.25, 0.3) is 11.1 Å². The summed E-state index contributed by atoms with van der Waals surface area (Å²) in [5, 5.41) is 9.98. The number of likely N-dealkylation sites (tertiary alicyclic amines) is 1. The highest BCUT2D eigenvalue weighted by Crippen LogP contribution is 2.66. The maximum absolute atomic E-state index is 12.6. The summed E-state index contributed by atoms with van der Waals surface area (Å²) in [4.78, 5) is 26.8. The summed E-state index contributed by atoms with van der Waals surface area (Å²) in [7, 11) is 1.64. The zero-order valence-corrected chi connectivity index (χ0v) is 18.0. The average molecular weight is 420 g/mol. The Morgan fingerprint density at radius 3 is 2.39 bits per heavy atom. The molecular weight excluding hydrogens is 390 g/mol. The molecule has 1 spiro atoms. The van der Waals surface area contributed by atoms with Gasteiger partial charge in [-0.15, -0.1) is 0 Å². The molecule has 1 amide bonds. The van der Waals surface area contributed by atoms with Gasteiger partial charge in [0.1, 0.15) is 5.75 Å². The number of carbonyl (C=O) groups excluding carboxylic acids is 1. The number of carboxylic acids is 1. The molecule has 0 radical (unpaired) electrons. The molecule has 0 bridgehead atoms. The van der Waals surface area contributed by atoms with Gasteiger partial charge in [0.25, 0.3) is 0 Å². The summed E-state index contributed by atoms with van der Waals surface area (Å²) >= 11 is 0. The Bertz CT molecular complexity index is 1000. The molecule has 1 N–H and O–H groups in total. The summed E-state index contributed by atoms with van der Waals surface area (Å²) in [5.74, 6) is 0.620. The second-order valence-electron chi connectivity index (χ2n) is 9.38. The zero-order valence-electron chi connectivity index (χ0n) is 18.0. The minimum Gasteiger partial charge on any atom is -0.496 e. The van der Waals surface area contributed by atoms with Gasteiger partial charge in [0.2, 0.25) is 5.91 Å². The number of amides is 1. The number of hydrogen-bond donors (Lipinski definition) is 1. The number of piperidine rings is 1. The van der Waals surface area contributed by atoms with Crippen molar-refractivity contribution in [3.05, 3.63) is 53.6 Å². The zero-order chi connectivity index (χ0) is 21.6. The van der Waals surface area contributed by atoms with E-state index < -0.39 is 5.97 Å². The molecule has 1 heterocycles.